The van der Waals surface area contributed by atoms with E-state index in [-0.39, 0.29) is 17.6 Å². The molecular weight excluding hydrogens is 474 g/mol. The summed E-state index contributed by atoms with van der Waals surface area (Å²) in [7, 11) is 0. The highest BCUT2D eigenvalue weighted by Gasteiger charge is 2.26. The number of imidazole rings is 1. The number of para-hydroxylation sites is 2. The quantitative estimate of drug-likeness (QED) is 0.408. The van der Waals surface area contributed by atoms with Gasteiger partial charge in [0.2, 0.25) is 0 Å². The van der Waals surface area contributed by atoms with E-state index in [4.69, 9.17) is 11.6 Å². The Bertz CT molecular complexity index is 1500. The van der Waals surface area contributed by atoms with Crippen LogP contribution in [0.5, 0.6) is 0 Å². The standard InChI is InChI=1S/C28H30ClN5O2/c1-17-18(2)30-13-12-24(17)34-26-7-5-4-6-25(26)33(28(34)36)16-20-8-10-22(11-9-20)32-27(35)23-14-21(29)15-31-19(23)3/h4-7,12-15,20,22H,8-11,16H2,1-3H3,(H,32,35). The van der Waals surface area contributed by atoms with Crippen LogP contribution in [0.25, 0.3) is 16.7 Å². The Morgan fingerprint density at radius 3 is 2.50 bits per heavy atom. The number of fused-ring (bicyclic) bond motifs is 1. The summed E-state index contributed by atoms with van der Waals surface area (Å²) >= 11 is 6.04. The van der Waals surface area contributed by atoms with Gasteiger partial charge in [-0.25, -0.2) is 4.79 Å². The van der Waals surface area contributed by atoms with Gasteiger partial charge in [0.05, 0.1) is 33.0 Å². The molecule has 0 spiro atoms. The van der Waals surface area contributed by atoms with E-state index in [9.17, 15) is 9.59 Å². The number of aryl methyl sites for hydroxylation is 2. The number of rotatable bonds is 5. The maximum atomic E-state index is 13.7. The first-order valence-corrected chi connectivity index (χ1v) is 12.8. The summed E-state index contributed by atoms with van der Waals surface area (Å²) in [6.45, 7) is 6.44. The molecule has 1 aliphatic rings. The molecule has 1 N–H and O–H groups in total. The van der Waals surface area contributed by atoms with Crippen molar-refractivity contribution in [3.63, 3.8) is 0 Å². The molecule has 0 bridgehead atoms. The number of aromatic nitrogens is 4. The second kappa shape index (κ2) is 9.90. The normalized spacial score (nSPS) is 17.9. The molecule has 3 heterocycles. The Balaban J connectivity index is 1.33. The molecule has 1 aliphatic carbocycles. The number of hydrogen-bond donors (Lipinski definition) is 1. The molecule has 0 atom stereocenters. The largest absolute Gasteiger partial charge is 0.349 e. The van der Waals surface area contributed by atoms with Crippen LogP contribution >= 0.6 is 11.6 Å². The van der Waals surface area contributed by atoms with Gasteiger partial charge >= 0.3 is 5.69 Å². The lowest BCUT2D eigenvalue weighted by Crippen LogP contribution is -2.39. The molecule has 5 rings (SSSR count). The number of carbonyl (C=O) groups excluding carboxylic acids is 1. The average Bonchev–Trinajstić information content (AvgIpc) is 3.14. The van der Waals surface area contributed by atoms with Gasteiger partial charge in [-0.2, -0.15) is 0 Å². The van der Waals surface area contributed by atoms with E-state index in [2.05, 4.69) is 15.3 Å². The van der Waals surface area contributed by atoms with Crippen molar-refractivity contribution in [2.24, 2.45) is 5.92 Å². The molecule has 4 aromatic rings. The van der Waals surface area contributed by atoms with Gasteiger partial charge in [-0.3, -0.25) is 23.9 Å². The van der Waals surface area contributed by atoms with Crippen molar-refractivity contribution in [1.29, 1.82) is 0 Å². The monoisotopic (exact) mass is 503 g/mol. The van der Waals surface area contributed by atoms with Gasteiger partial charge in [0.15, 0.2) is 0 Å². The van der Waals surface area contributed by atoms with E-state index >= 15 is 0 Å². The minimum Gasteiger partial charge on any atom is -0.349 e. The predicted octanol–water partition coefficient (Wildman–Crippen LogP) is 5.15. The van der Waals surface area contributed by atoms with Crippen LogP contribution in [0.15, 0.2) is 53.6 Å². The molecule has 3 aromatic heterocycles. The number of nitrogens with zero attached hydrogens (tertiary/aromatic N) is 4. The van der Waals surface area contributed by atoms with Crippen LogP contribution in [0.4, 0.5) is 0 Å². The fraction of sp³-hybridized carbons (Fsp3) is 0.357. The topological polar surface area (TPSA) is 81.8 Å². The third kappa shape index (κ3) is 4.55. The average molecular weight is 504 g/mol. The van der Waals surface area contributed by atoms with Crippen molar-refractivity contribution in [3.05, 3.63) is 86.8 Å². The van der Waals surface area contributed by atoms with Gasteiger partial charge in [-0.15, -0.1) is 0 Å². The summed E-state index contributed by atoms with van der Waals surface area (Å²) in [6.07, 6.45) is 6.94. The zero-order chi connectivity index (χ0) is 25.4. The van der Waals surface area contributed by atoms with Crippen molar-refractivity contribution in [3.8, 4) is 5.69 Å². The summed E-state index contributed by atoms with van der Waals surface area (Å²) < 4.78 is 3.72. The number of halogens is 1. The molecule has 1 amide bonds. The summed E-state index contributed by atoms with van der Waals surface area (Å²) in [4.78, 5) is 35.0. The number of carbonyl (C=O) groups is 1. The second-order valence-electron chi connectivity index (χ2n) is 9.74. The Labute approximate surface area is 215 Å². The lowest BCUT2D eigenvalue weighted by atomic mass is 9.85. The first kappa shape index (κ1) is 24.3. The fourth-order valence-electron chi connectivity index (χ4n) is 5.23. The number of benzene rings is 1. The van der Waals surface area contributed by atoms with E-state index in [1.165, 1.54) is 0 Å². The molecule has 0 radical (unpaired) electrons. The lowest BCUT2D eigenvalue weighted by Gasteiger charge is -2.29. The minimum atomic E-state index is -0.131. The number of hydrogen-bond acceptors (Lipinski definition) is 4. The van der Waals surface area contributed by atoms with Gasteiger partial charge in [0.1, 0.15) is 0 Å². The number of pyridine rings is 2. The van der Waals surface area contributed by atoms with Crippen LogP contribution in [0.2, 0.25) is 5.02 Å². The van der Waals surface area contributed by atoms with Crippen LogP contribution in [0.3, 0.4) is 0 Å². The summed E-state index contributed by atoms with van der Waals surface area (Å²) in [5.74, 6) is 0.234. The van der Waals surface area contributed by atoms with Gasteiger partial charge in [0.25, 0.3) is 5.91 Å². The molecule has 186 valence electrons. The van der Waals surface area contributed by atoms with Gasteiger partial charge in [-0.05, 0) is 82.2 Å². The van der Waals surface area contributed by atoms with E-state index in [1.54, 1.807) is 18.5 Å². The van der Waals surface area contributed by atoms with Gasteiger partial charge < -0.3 is 5.32 Å². The third-order valence-corrected chi connectivity index (χ3v) is 7.63. The SMILES string of the molecule is Cc1ncc(Cl)cc1C(=O)NC1CCC(Cn2c(=O)n(-c3ccnc(C)c3C)c3ccccc32)CC1. The first-order valence-electron chi connectivity index (χ1n) is 12.4. The third-order valence-electron chi connectivity index (χ3n) is 7.42. The fourth-order valence-corrected chi connectivity index (χ4v) is 5.39. The van der Waals surface area contributed by atoms with Crippen molar-refractivity contribution < 1.29 is 4.79 Å². The van der Waals surface area contributed by atoms with E-state index in [0.29, 0.717) is 28.7 Å². The van der Waals surface area contributed by atoms with Crippen LogP contribution in [-0.4, -0.2) is 31.1 Å². The van der Waals surface area contributed by atoms with Crippen molar-refractivity contribution in [1.82, 2.24) is 24.4 Å². The zero-order valence-electron chi connectivity index (χ0n) is 20.8. The van der Waals surface area contributed by atoms with E-state index in [0.717, 1.165) is 53.7 Å². The highest BCUT2D eigenvalue weighted by molar-refractivity contribution is 6.30. The van der Waals surface area contributed by atoms with Crippen LogP contribution < -0.4 is 11.0 Å². The molecule has 8 heteroatoms. The van der Waals surface area contributed by atoms with Crippen LogP contribution in [-0.2, 0) is 6.54 Å². The molecule has 1 aromatic carbocycles. The Kier molecular flexibility index (Phi) is 6.67. The highest BCUT2D eigenvalue weighted by Crippen LogP contribution is 2.28. The van der Waals surface area contributed by atoms with E-state index < -0.39 is 0 Å². The van der Waals surface area contributed by atoms with Crippen molar-refractivity contribution >= 4 is 28.5 Å². The Hall–Kier alpha value is -3.45. The highest BCUT2D eigenvalue weighted by atomic mass is 35.5. The maximum absolute atomic E-state index is 13.7. The molecule has 1 saturated carbocycles. The zero-order valence-corrected chi connectivity index (χ0v) is 21.5. The summed E-state index contributed by atoms with van der Waals surface area (Å²) in [5.41, 5.74) is 5.80. The van der Waals surface area contributed by atoms with Crippen molar-refractivity contribution in [2.75, 3.05) is 0 Å². The molecular formula is C28H30ClN5O2. The van der Waals surface area contributed by atoms with Gasteiger partial charge in [-0.1, -0.05) is 23.7 Å². The lowest BCUT2D eigenvalue weighted by molar-refractivity contribution is 0.0919. The minimum absolute atomic E-state index is 0.0238. The first-order chi connectivity index (χ1) is 17.3. The molecule has 36 heavy (non-hydrogen) atoms. The van der Waals surface area contributed by atoms with Crippen molar-refractivity contribution in [2.45, 2.75) is 59.0 Å². The van der Waals surface area contributed by atoms with Gasteiger partial charge in [0, 0.05) is 30.7 Å². The smallest absolute Gasteiger partial charge is 0.333 e. The number of nitrogens with one attached hydrogen (secondary N) is 1. The summed E-state index contributed by atoms with van der Waals surface area (Å²) in [5, 5.41) is 3.60. The van der Waals surface area contributed by atoms with Crippen LogP contribution in [0.1, 0.15) is 53.0 Å². The number of amides is 1. The van der Waals surface area contributed by atoms with E-state index in [1.807, 2.05) is 60.2 Å². The Morgan fingerprint density at radius 1 is 1.03 bits per heavy atom. The van der Waals surface area contributed by atoms with Crippen LogP contribution in [0, 0.1) is 26.7 Å². The molecule has 1 fully saturated rings. The summed E-state index contributed by atoms with van der Waals surface area (Å²) in [6, 6.07) is 11.6. The molecule has 0 saturated heterocycles. The Morgan fingerprint density at radius 2 is 1.75 bits per heavy atom. The molecule has 0 unspecified atom stereocenters. The molecule has 7 nitrogen and oxygen atoms in total. The second-order valence-corrected chi connectivity index (χ2v) is 10.2. The predicted molar refractivity (Wildman–Crippen MR) is 142 cm³/mol. The maximum Gasteiger partial charge on any atom is 0.333 e. The molecule has 0 aliphatic heterocycles.